The Kier molecular flexibility index (Phi) is 4.04. The molecule has 0 unspecified atom stereocenters. The fourth-order valence-corrected chi connectivity index (χ4v) is 2.96. The van der Waals surface area contributed by atoms with Crippen LogP contribution in [-0.2, 0) is 6.42 Å². The number of aromatic nitrogens is 2. The second-order valence-electron chi connectivity index (χ2n) is 5.98. The number of nitrogens with one attached hydrogen (secondary N) is 2. The zero-order chi connectivity index (χ0) is 15.4. The van der Waals surface area contributed by atoms with E-state index in [0.29, 0.717) is 6.54 Å². The molecular formula is C17H19N3O2. The van der Waals surface area contributed by atoms with Gasteiger partial charge in [-0.3, -0.25) is 9.59 Å². The van der Waals surface area contributed by atoms with Crippen LogP contribution in [0.3, 0.4) is 0 Å². The summed E-state index contributed by atoms with van der Waals surface area (Å²) in [5, 5.41) is 2.92. The maximum Gasteiger partial charge on any atom is 0.287 e. The monoisotopic (exact) mass is 297 g/mol. The Balaban J connectivity index is 1.64. The number of benzene rings is 1. The van der Waals surface area contributed by atoms with Gasteiger partial charge in [0.25, 0.3) is 11.5 Å². The van der Waals surface area contributed by atoms with E-state index in [-0.39, 0.29) is 22.7 Å². The average Bonchev–Trinajstić information content (AvgIpc) is 2.50. The first-order valence-corrected chi connectivity index (χ1v) is 7.54. The fourth-order valence-electron chi connectivity index (χ4n) is 2.96. The largest absolute Gasteiger partial charge is 0.349 e. The lowest BCUT2D eigenvalue weighted by atomic mass is 9.65. The summed E-state index contributed by atoms with van der Waals surface area (Å²) in [6.45, 7) is 0.610. The van der Waals surface area contributed by atoms with Gasteiger partial charge < -0.3 is 10.3 Å². The number of hydrogen-bond acceptors (Lipinski definition) is 3. The smallest absolute Gasteiger partial charge is 0.287 e. The molecule has 5 heteroatoms. The molecule has 2 N–H and O–H groups in total. The molecule has 0 radical (unpaired) electrons. The van der Waals surface area contributed by atoms with Crippen molar-refractivity contribution in [1.29, 1.82) is 0 Å². The summed E-state index contributed by atoms with van der Waals surface area (Å²) in [6, 6.07) is 11.6. The predicted octanol–water partition coefficient (Wildman–Crippen LogP) is 1.91. The molecule has 1 heterocycles. The quantitative estimate of drug-likeness (QED) is 0.885. The highest BCUT2D eigenvalue weighted by molar-refractivity contribution is 5.90. The van der Waals surface area contributed by atoms with E-state index in [4.69, 9.17) is 0 Å². The number of amides is 1. The molecule has 114 valence electrons. The van der Waals surface area contributed by atoms with E-state index in [1.807, 2.05) is 18.2 Å². The van der Waals surface area contributed by atoms with Crippen LogP contribution in [0.15, 0.2) is 47.4 Å². The van der Waals surface area contributed by atoms with Crippen LogP contribution in [0.1, 0.15) is 35.4 Å². The average molecular weight is 297 g/mol. The zero-order valence-corrected chi connectivity index (χ0v) is 12.3. The highest BCUT2D eigenvalue weighted by Crippen LogP contribution is 2.43. The minimum atomic E-state index is -0.322. The van der Waals surface area contributed by atoms with Crippen LogP contribution in [-0.4, -0.2) is 22.4 Å². The molecule has 1 aromatic heterocycles. The van der Waals surface area contributed by atoms with Crippen molar-refractivity contribution in [2.24, 2.45) is 5.41 Å². The van der Waals surface area contributed by atoms with E-state index in [2.05, 4.69) is 27.4 Å². The van der Waals surface area contributed by atoms with Crippen molar-refractivity contribution >= 4 is 5.91 Å². The second kappa shape index (κ2) is 6.13. The van der Waals surface area contributed by atoms with Crippen LogP contribution >= 0.6 is 0 Å². The maximum absolute atomic E-state index is 12.1. The summed E-state index contributed by atoms with van der Waals surface area (Å²) < 4.78 is 0. The van der Waals surface area contributed by atoms with E-state index in [9.17, 15) is 9.59 Å². The van der Waals surface area contributed by atoms with Crippen molar-refractivity contribution in [3.63, 3.8) is 0 Å². The topological polar surface area (TPSA) is 74.8 Å². The number of aromatic amines is 1. The number of nitrogens with zero attached hydrogens (tertiary/aromatic N) is 1. The molecule has 1 saturated carbocycles. The van der Waals surface area contributed by atoms with Gasteiger partial charge in [0, 0.05) is 18.8 Å². The van der Waals surface area contributed by atoms with E-state index in [0.717, 1.165) is 19.3 Å². The Morgan fingerprint density at radius 2 is 2.00 bits per heavy atom. The van der Waals surface area contributed by atoms with Crippen LogP contribution in [0.2, 0.25) is 0 Å². The Labute approximate surface area is 128 Å². The molecule has 1 aliphatic rings. The predicted molar refractivity (Wildman–Crippen MR) is 83.6 cm³/mol. The molecule has 0 spiro atoms. The highest BCUT2D eigenvalue weighted by atomic mass is 16.2. The molecule has 0 aliphatic heterocycles. The van der Waals surface area contributed by atoms with Gasteiger partial charge in [-0.2, -0.15) is 0 Å². The van der Waals surface area contributed by atoms with Crippen molar-refractivity contribution in [2.45, 2.75) is 25.7 Å². The molecule has 0 saturated heterocycles. The van der Waals surface area contributed by atoms with E-state index < -0.39 is 0 Å². The van der Waals surface area contributed by atoms with Crippen molar-refractivity contribution in [3.8, 4) is 0 Å². The molecule has 22 heavy (non-hydrogen) atoms. The van der Waals surface area contributed by atoms with Crippen molar-refractivity contribution in [2.75, 3.05) is 6.54 Å². The number of hydrogen-bond donors (Lipinski definition) is 2. The molecule has 1 aromatic carbocycles. The third-order valence-corrected chi connectivity index (χ3v) is 4.35. The minimum absolute atomic E-state index is 0.0710. The van der Waals surface area contributed by atoms with Gasteiger partial charge in [-0.1, -0.05) is 36.8 Å². The molecule has 3 rings (SSSR count). The third kappa shape index (κ3) is 3.24. The van der Waals surface area contributed by atoms with E-state index in [1.165, 1.54) is 24.2 Å². The summed E-state index contributed by atoms with van der Waals surface area (Å²) in [5.41, 5.74) is 1.11. The van der Waals surface area contributed by atoms with Gasteiger partial charge in [0.05, 0.1) is 0 Å². The Morgan fingerprint density at radius 1 is 1.23 bits per heavy atom. The molecule has 1 amide bonds. The lowest BCUT2D eigenvalue weighted by Crippen LogP contribution is -2.44. The summed E-state index contributed by atoms with van der Waals surface area (Å²) >= 11 is 0. The molecule has 1 aliphatic carbocycles. The Bertz CT molecular complexity index is 705. The number of carbonyl (C=O) groups excluding carboxylic acids is 1. The molecule has 0 atom stereocenters. The molecule has 2 aromatic rings. The van der Waals surface area contributed by atoms with Crippen LogP contribution in [0, 0.1) is 5.41 Å². The van der Waals surface area contributed by atoms with Gasteiger partial charge in [0.15, 0.2) is 5.82 Å². The second-order valence-corrected chi connectivity index (χ2v) is 5.98. The van der Waals surface area contributed by atoms with Gasteiger partial charge in [-0.15, -0.1) is 0 Å². The van der Waals surface area contributed by atoms with Gasteiger partial charge in [-0.25, -0.2) is 4.98 Å². The maximum atomic E-state index is 12.1. The third-order valence-electron chi connectivity index (χ3n) is 4.35. The SMILES string of the molecule is O=C(NCC1(Cc2ccccc2)CCC1)c1nccc(=O)[nH]1. The summed E-state index contributed by atoms with van der Waals surface area (Å²) in [4.78, 5) is 29.7. The van der Waals surface area contributed by atoms with Crippen molar-refractivity contribution in [1.82, 2.24) is 15.3 Å². The first kappa shape index (κ1) is 14.5. The van der Waals surface area contributed by atoms with Gasteiger partial charge >= 0.3 is 0 Å². The van der Waals surface area contributed by atoms with Crippen LogP contribution < -0.4 is 10.9 Å². The fraction of sp³-hybridized carbons (Fsp3) is 0.353. The lowest BCUT2D eigenvalue weighted by molar-refractivity contribution is 0.0849. The molecule has 1 fully saturated rings. The molecule has 0 bridgehead atoms. The van der Waals surface area contributed by atoms with E-state index >= 15 is 0 Å². The first-order valence-electron chi connectivity index (χ1n) is 7.54. The summed E-state index contributed by atoms with van der Waals surface area (Å²) in [6.07, 6.45) is 5.73. The van der Waals surface area contributed by atoms with E-state index in [1.54, 1.807) is 0 Å². The molecule has 5 nitrogen and oxygen atoms in total. The van der Waals surface area contributed by atoms with Gasteiger partial charge in [-0.05, 0) is 30.2 Å². The van der Waals surface area contributed by atoms with Crippen molar-refractivity contribution < 1.29 is 4.79 Å². The summed E-state index contributed by atoms with van der Waals surface area (Å²) in [7, 11) is 0. The highest BCUT2D eigenvalue weighted by Gasteiger charge is 2.37. The Morgan fingerprint density at radius 3 is 2.64 bits per heavy atom. The minimum Gasteiger partial charge on any atom is -0.349 e. The standard InChI is InChI=1S/C17H19N3O2/c21-14-7-10-18-15(20-14)16(22)19-12-17(8-4-9-17)11-13-5-2-1-3-6-13/h1-3,5-7,10H,4,8-9,11-12H2,(H,19,22)(H,18,20,21). The van der Waals surface area contributed by atoms with Crippen LogP contribution in [0.5, 0.6) is 0 Å². The van der Waals surface area contributed by atoms with Crippen LogP contribution in [0.4, 0.5) is 0 Å². The lowest BCUT2D eigenvalue weighted by Gasteiger charge is -2.42. The van der Waals surface area contributed by atoms with Crippen molar-refractivity contribution in [3.05, 3.63) is 64.3 Å². The zero-order valence-electron chi connectivity index (χ0n) is 12.3. The molecular weight excluding hydrogens is 278 g/mol. The normalized spacial score (nSPS) is 15.8. The first-order chi connectivity index (χ1) is 10.7. The number of rotatable bonds is 5. The Hall–Kier alpha value is -2.43. The van der Waals surface area contributed by atoms with Crippen LogP contribution in [0.25, 0.3) is 0 Å². The number of H-pyrrole nitrogens is 1. The number of carbonyl (C=O) groups is 1. The van der Waals surface area contributed by atoms with Gasteiger partial charge in [0.2, 0.25) is 0 Å². The van der Waals surface area contributed by atoms with Gasteiger partial charge in [0.1, 0.15) is 0 Å². The summed E-state index contributed by atoms with van der Waals surface area (Å²) in [5.74, 6) is -0.251.